The molecule has 0 bridgehead atoms. The fraction of sp³-hybridized carbons (Fsp3) is 1.00. The Hall–Kier alpha value is -0.180. The van der Waals surface area contributed by atoms with Crippen LogP contribution in [-0.4, -0.2) is 6.05 Å². The van der Waals surface area contributed by atoms with Gasteiger partial charge in [0.05, 0.1) is 0 Å². The Kier molecular flexibility index (Phi) is 1.69. The van der Waals surface area contributed by atoms with Gasteiger partial charge in [-0.1, -0.05) is 13.8 Å². The molecule has 0 saturated heterocycles. The summed E-state index contributed by atoms with van der Waals surface area (Å²) < 4.78 is 23.2. The molecule has 0 amide bonds. The van der Waals surface area contributed by atoms with E-state index in [1.165, 1.54) is 13.8 Å². The van der Waals surface area contributed by atoms with Crippen LogP contribution in [0.5, 0.6) is 0 Å². The van der Waals surface area contributed by atoms with Gasteiger partial charge >= 0.3 is 6.05 Å². The summed E-state index contributed by atoms with van der Waals surface area (Å²) in [6.45, 7) is 2.75. The number of hydrogen-bond acceptors (Lipinski definition) is 1. The van der Waals surface area contributed by atoms with Gasteiger partial charge in [-0.2, -0.15) is 8.78 Å². The van der Waals surface area contributed by atoms with Gasteiger partial charge in [0.2, 0.25) is 0 Å². The summed E-state index contributed by atoms with van der Waals surface area (Å²) in [6.07, 6.45) is 0. The number of hydrogen-bond donors (Lipinski definition) is 1. The predicted octanol–water partition coefficient (Wildman–Crippen LogP) is 1.19. The largest absolute Gasteiger partial charge is 0.302 e. The minimum atomic E-state index is -3.00. The Bertz CT molecular complexity index is 55.2. The minimum Gasteiger partial charge on any atom is -0.272 e. The van der Waals surface area contributed by atoms with Crippen LogP contribution in [0.3, 0.4) is 0 Å². The van der Waals surface area contributed by atoms with Gasteiger partial charge in [0.25, 0.3) is 0 Å². The van der Waals surface area contributed by atoms with Crippen LogP contribution in [0.25, 0.3) is 0 Å². The predicted molar refractivity (Wildman–Crippen MR) is 24.0 cm³/mol. The Morgan fingerprint density at radius 2 is 1.57 bits per heavy atom. The van der Waals surface area contributed by atoms with E-state index in [9.17, 15) is 8.78 Å². The van der Waals surface area contributed by atoms with Gasteiger partial charge in [-0.05, 0) is 0 Å². The van der Waals surface area contributed by atoms with Crippen molar-refractivity contribution in [1.29, 1.82) is 0 Å². The topological polar surface area (TPSA) is 26.0 Å². The van der Waals surface area contributed by atoms with Gasteiger partial charge in [-0.15, -0.1) is 0 Å². The molecule has 44 valence electrons. The highest BCUT2D eigenvalue weighted by Crippen LogP contribution is 2.15. The van der Waals surface area contributed by atoms with Gasteiger partial charge in [-0.25, -0.2) is 0 Å². The van der Waals surface area contributed by atoms with Crippen LogP contribution in [0.15, 0.2) is 0 Å². The summed E-state index contributed by atoms with van der Waals surface area (Å²) in [5.41, 5.74) is 4.34. The van der Waals surface area contributed by atoms with Crippen molar-refractivity contribution in [3.63, 3.8) is 0 Å². The quantitative estimate of drug-likeness (QED) is 0.503. The fourth-order valence-corrected chi connectivity index (χ4v) is 0. The summed E-state index contributed by atoms with van der Waals surface area (Å²) in [5.74, 6) is -0.757. The van der Waals surface area contributed by atoms with Gasteiger partial charge < -0.3 is 0 Å². The molecule has 0 radical (unpaired) electrons. The molecule has 2 N–H and O–H groups in total. The first-order valence-corrected chi connectivity index (χ1v) is 2.11. The van der Waals surface area contributed by atoms with Crippen LogP contribution in [0, 0.1) is 5.92 Å². The molecule has 0 saturated carbocycles. The van der Waals surface area contributed by atoms with E-state index in [4.69, 9.17) is 0 Å². The van der Waals surface area contributed by atoms with Gasteiger partial charge in [0.1, 0.15) is 0 Å². The van der Waals surface area contributed by atoms with Crippen LogP contribution in [0.2, 0.25) is 0 Å². The molecule has 0 fully saturated rings. The highest BCUT2D eigenvalue weighted by atomic mass is 19.3. The smallest absolute Gasteiger partial charge is 0.272 e. The van der Waals surface area contributed by atoms with Crippen molar-refractivity contribution in [2.24, 2.45) is 11.7 Å². The molecule has 0 aromatic rings. The monoisotopic (exact) mass is 109 g/mol. The third kappa shape index (κ3) is 2.51. The summed E-state index contributed by atoms with van der Waals surface area (Å²) in [7, 11) is 0. The molecule has 7 heavy (non-hydrogen) atoms. The van der Waals surface area contributed by atoms with E-state index in [0.717, 1.165) is 0 Å². The molecule has 0 aliphatic rings. The summed E-state index contributed by atoms with van der Waals surface area (Å²) in [5, 5.41) is 0. The SMILES string of the molecule is CC(C)C(N)(F)F. The second-order valence-corrected chi connectivity index (χ2v) is 1.83. The third-order valence-electron chi connectivity index (χ3n) is 0.770. The van der Waals surface area contributed by atoms with Gasteiger partial charge in [0.15, 0.2) is 0 Å². The molecule has 0 aliphatic carbocycles. The minimum absolute atomic E-state index is 0.757. The highest BCUT2D eigenvalue weighted by Gasteiger charge is 2.26. The van der Waals surface area contributed by atoms with E-state index in [1.54, 1.807) is 0 Å². The van der Waals surface area contributed by atoms with E-state index >= 15 is 0 Å². The van der Waals surface area contributed by atoms with Crippen molar-refractivity contribution in [3.05, 3.63) is 0 Å². The number of rotatable bonds is 1. The molecule has 1 nitrogen and oxygen atoms in total. The highest BCUT2D eigenvalue weighted by molar-refractivity contribution is 4.58. The van der Waals surface area contributed by atoms with E-state index < -0.39 is 12.0 Å². The molecule has 0 rings (SSSR count). The zero-order valence-electron chi connectivity index (χ0n) is 4.41. The zero-order valence-corrected chi connectivity index (χ0v) is 4.41. The van der Waals surface area contributed by atoms with Crippen LogP contribution in [-0.2, 0) is 0 Å². The number of nitrogens with two attached hydrogens (primary N) is 1. The van der Waals surface area contributed by atoms with Crippen molar-refractivity contribution >= 4 is 0 Å². The molecule has 0 atom stereocenters. The molecule has 0 aromatic carbocycles. The Balaban J connectivity index is 3.54. The number of halogens is 2. The van der Waals surface area contributed by atoms with Crippen LogP contribution < -0.4 is 5.73 Å². The van der Waals surface area contributed by atoms with Crippen LogP contribution >= 0.6 is 0 Å². The normalized spacial score (nSPS) is 12.9. The second-order valence-electron chi connectivity index (χ2n) is 1.83. The van der Waals surface area contributed by atoms with Crippen molar-refractivity contribution in [2.75, 3.05) is 0 Å². The van der Waals surface area contributed by atoms with E-state index in [1.807, 2.05) is 0 Å². The van der Waals surface area contributed by atoms with Crippen LogP contribution in [0.1, 0.15) is 13.8 Å². The molecule has 0 spiro atoms. The third-order valence-corrected chi connectivity index (χ3v) is 0.770. The average Bonchev–Trinajstić information content (AvgIpc) is 1.31. The van der Waals surface area contributed by atoms with E-state index in [0.29, 0.717) is 0 Å². The summed E-state index contributed by atoms with van der Waals surface area (Å²) in [6, 6.07) is -3.00. The van der Waals surface area contributed by atoms with Gasteiger partial charge in [0, 0.05) is 5.92 Å². The maximum Gasteiger partial charge on any atom is 0.302 e. The lowest BCUT2D eigenvalue weighted by Gasteiger charge is -2.12. The molecule has 0 unspecified atom stereocenters. The molecule has 0 heterocycles. The molecular weight excluding hydrogens is 100 g/mol. The maximum absolute atomic E-state index is 11.6. The van der Waals surface area contributed by atoms with Crippen molar-refractivity contribution < 1.29 is 8.78 Å². The summed E-state index contributed by atoms with van der Waals surface area (Å²) >= 11 is 0. The molecule has 0 aromatic heterocycles. The standard InChI is InChI=1S/C4H9F2N/c1-3(2)4(5,6)7/h3H,7H2,1-2H3. The first kappa shape index (κ1) is 6.82. The lowest BCUT2D eigenvalue weighted by Crippen LogP contribution is -2.34. The average molecular weight is 109 g/mol. The second kappa shape index (κ2) is 1.74. The van der Waals surface area contributed by atoms with E-state index in [-0.39, 0.29) is 0 Å². The Morgan fingerprint density at radius 3 is 1.57 bits per heavy atom. The van der Waals surface area contributed by atoms with Crippen molar-refractivity contribution in [1.82, 2.24) is 0 Å². The zero-order chi connectivity index (χ0) is 6.08. The van der Waals surface area contributed by atoms with Crippen LogP contribution in [0.4, 0.5) is 8.78 Å². The number of alkyl halides is 2. The Labute approximate surface area is 41.5 Å². The lowest BCUT2D eigenvalue weighted by molar-refractivity contribution is -0.0381. The van der Waals surface area contributed by atoms with Gasteiger partial charge in [-0.3, -0.25) is 5.73 Å². The Morgan fingerprint density at radius 1 is 1.43 bits per heavy atom. The van der Waals surface area contributed by atoms with Crippen molar-refractivity contribution in [2.45, 2.75) is 19.9 Å². The first-order chi connectivity index (χ1) is 2.94. The fourth-order valence-electron chi connectivity index (χ4n) is 0. The molecule has 3 heteroatoms. The van der Waals surface area contributed by atoms with Crippen molar-refractivity contribution in [3.8, 4) is 0 Å². The van der Waals surface area contributed by atoms with E-state index in [2.05, 4.69) is 5.73 Å². The summed E-state index contributed by atoms with van der Waals surface area (Å²) in [4.78, 5) is 0. The molecule has 0 aliphatic heterocycles. The lowest BCUT2D eigenvalue weighted by atomic mass is 10.2. The maximum atomic E-state index is 11.6. The molecular formula is C4H9F2N. The first-order valence-electron chi connectivity index (χ1n) is 2.11.